The van der Waals surface area contributed by atoms with Crippen LogP contribution in [0.1, 0.15) is 5.56 Å². The van der Waals surface area contributed by atoms with Gasteiger partial charge in [0.1, 0.15) is 5.75 Å². The van der Waals surface area contributed by atoms with E-state index in [2.05, 4.69) is 10.2 Å². The number of phenolic OH excluding ortho intramolecular Hbond substituents is 1. The molecule has 0 aromatic heterocycles. The van der Waals surface area contributed by atoms with Gasteiger partial charge in [-0.2, -0.15) is 10.2 Å². The normalized spacial score (nSPS) is 10.9. The Morgan fingerprint density at radius 2 is 1.63 bits per heavy atom. The van der Waals surface area contributed by atoms with Gasteiger partial charge in [-0.1, -0.05) is 17.7 Å². The van der Waals surface area contributed by atoms with Crippen molar-refractivity contribution in [3.8, 4) is 5.75 Å². The predicted octanol–water partition coefficient (Wildman–Crippen LogP) is 1.80. The summed E-state index contributed by atoms with van der Waals surface area (Å²) < 4.78 is 0. The molecule has 0 amide bonds. The zero-order valence-corrected chi connectivity index (χ0v) is 10.4. The maximum absolute atomic E-state index is 9.31. The maximum atomic E-state index is 9.31. The number of benzene rings is 2. The van der Waals surface area contributed by atoms with Crippen LogP contribution in [0.2, 0.25) is 0 Å². The molecule has 0 aliphatic rings. The fraction of sp³-hybridized carbons (Fsp3) is 0.0769. The molecule has 0 bridgehead atoms. The van der Waals surface area contributed by atoms with E-state index in [1.165, 1.54) is 18.2 Å². The smallest absolute Gasteiger partial charge is 0.490 e. The van der Waals surface area contributed by atoms with E-state index in [1.54, 1.807) is 0 Å². The SMILES string of the molecule is Cc1ccc(N=Nc2ccc(O)cc2B(O)O)cc1. The summed E-state index contributed by atoms with van der Waals surface area (Å²) in [5.41, 5.74) is 2.19. The van der Waals surface area contributed by atoms with E-state index < -0.39 is 7.12 Å². The van der Waals surface area contributed by atoms with Gasteiger partial charge in [0.25, 0.3) is 0 Å². The van der Waals surface area contributed by atoms with Crippen LogP contribution in [0.25, 0.3) is 0 Å². The molecule has 6 heteroatoms. The lowest BCUT2D eigenvalue weighted by atomic mass is 9.79. The molecule has 5 nitrogen and oxygen atoms in total. The molecule has 0 saturated heterocycles. The van der Waals surface area contributed by atoms with E-state index in [4.69, 9.17) is 0 Å². The summed E-state index contributed by atoms with van der Waals surface area (Å²) >= 11 is 0. The van der Waals surface area contributed by atoms with Crippen molar-refractivity contribution in [3.05, 3.63) is 48.0 Å². The Balaban J connectivity index is 2.30. The van der Waals surface area contributed by atoms with E-state index in [0.29, 0.717) is 11.4 Å². The van der Waals surface area contributed by atoms with Gasteiger partial charge in [-0.25, -0.2) is 0 Å². The second kappa shape index (κ2) is 5.64. The number of azo groups is 1. The van der Waals surface area contributed by atoms with Gasteiger partial charge in [0.2, 0.25) is 0 Å². The highest BCUT2D eigenvalue weighted by Crippen LogP contribution is 2.19. The Bertz CT molecular complexity index is 597. The summed E-state index contributed by atoms with van der Waals surface area (Å²) in [6, 6.07) is 11.6. The van der Waals surface area contributed by atoms with E-state index >= 15 is 0 Å². The minimum absolute atomic E-state index is 0.0580. The molecule has 19 heavy (non-hydrogen) atoms. The summed E-state index contributed by atoms with van der Waals surface area (Å²) in [5.74, 6) is -0.0580. The largest absolute Gasteiger partial charge is 0.508 e. The van der Waals surface area contributed by atoms with Crippen molar-refractivity contribution in [2.75, 3.05) is 0 Å². The quantitative estimate of drug-likeness (QED) is 0.578. The summed E-state index contributed by atoms with van der Waals surface area (Å²) in [5, 5.41) is 35.7. The van der Waals surface area contributed by atoms with Gasteiger partial charge in [0, 0.05) is 5.46 Å². The number of phenols is 1. The fourth-order valence-corrected chi connectivity index (χ4v) is 1.56. The standard InChI is InChI=1S/C13H13BN2O3/c1-9-2-4-10(5-3-9)15-16-13-7-6-11(17)8-12(13)14(18)19/h2-8,17-19H,1H3. The zero-order chi connectivity index (χ0) is 13.8. The highest BCUT2D eigenvalue weighted by Gasteiger charge is 2.16. The Morgan fingerprint density at radius 1 is 0.947 bits per heavy atom. The molecule has 2 rings (SSSR count). The lowest BCUT2D eigenvalue weighted by molar-refractivity contribution is 0.425. The van der Waals surface area contributed by atoms with E-state index in [1.807, 2.05) is 31.2 Å². The highest BCUT2D eigenvalue weighted by molar-refractivity contribution is 6.60. The first kappa shape index (κ1) is 13.3. The first-order chi connectivity index (χ1) is 9.06. The van der Waals surface area contributed by atoms with Gasteiger partial charge in [-0.05, 0) is 37.3 Å². The third kappa shape index (κ3) is 3.40. The van der Waals surface area contributed by atoms with Crippen LogP contribution in [-0.4, -0.2) is 22.3 Å². The predicted molar refractivity (Wildman–Crippen MR) is 73.3 cm³/mol. The molecule has 0 aliphatic heterocycles. The molecule has 3 N–H and O–H groups in total. The van der Waals surface area contributed by atoms with Crippen molar-refractivity contribution < 1.29 is 15.2 Å². The monoisotopic (exact) mass is 256 g/mol. The molecular formula is C13H13BN2O3. The van der Waals surface area contributed by atoms with Crippen molar-refractivity contribution >= 4 is 24.0 Å². The van der Waals surface area contributed by atoms with Crippen LogP contribution in [0.5, 0.6) is 5.75 Å². The molecular weight excluding hydrogens is 243 g/mol. The third-order valence-corrected chi connectivity index (χ3v) is 2.60. The molecule has 2 aromatic carbocycles. The molecule has 96 valence electrons. The molecule has 0 unspecified atom stereocenters. The first-order valence-corrected chi connectivity index (χ1v) is 5.74. The van der Waals surface area contributed by atoms with Crippen molar-refractivity contribution in [1.82, 2.24) is 0 Å². The number of hydrogen-bond acceptors (Lipinski definition) is 5. The minimum Gasteiger partial charge on any atom is -0.508 e. The Morgan fingerprint density at radius 3 is 2.26 bits per heavy atom. The Labute approximate surface area is 111 Å². The summed E-state index contributed by atoms with van der Waals surface area (Å²) in [6.45, 7) is 1.97. The molecule has 0 spiro atoms. The summed E-state index contributed by atoms with van der Waals surface area (Å²) in [4.78, 5) is 0. The number of rotatable bonds is 3. The highest BCUT2D eigenvalue weighted by atomic mass is 16.4. The van der Waals surface area contributed by atoms with Crippen molar-refractivity contribution in [2.24, 2.45) is 10.2 Å². The number of aryl methyl sites for hydroxylation is 1. The minimum atomic E-state index is -1.71. The lowest BCUT2D eigenvalue weighted by Gasteiger charge is -2.04. The zero-order valence-electron chi connectivity index (χ0n) is 10.4. The van der Waals surface area contributed by atoms with Crippen LogP contribution in [-0.2, 0) is 0 Å². The average Bonchev–Trinajstić information content (AvgIpc) is 2.39. The van der Waals surface area contributed by atoms with Gasteiger partial charge < -0.3 is 15.2 Å². The van der Waals surface area contributed by atoms with Gasteiger partial charge in [-0.15, -0.1) is 0 Å². The van der Waals surface area contributed by atoms with Gasteiger partial charge >= 0.3 is 7.12 Å². The Kier molecular flexibility index (Phi) is 3.94. The third-order valence-electron chi connectivity index (χ3n) is 2.60. The second-order valence-corrected chi connectivity index (χ2v) is 4.15. The Hall–Kier alpha value is -2.18. The lowest BCUT2D eigenvalue weighted by Crippen LogP contribution is -2.29. The second-order valence-electron chi connectivity index (χ2n) is 4.15. The van der Waals surface area contributed by atoms with Crippen LogP contribution < -0.4 is 5.46 Å². The van der Waals surface area contributed by atoms with Gasteiger partial charge in [0.15, 0.2) is 0 Å². The summed E-state index contributed by atoms with van der Waals surface area (Å²) in [6.07, 6.45) is 0. The molecule has 2 aromatic rings. The van der Waals surface area contributed by atoms with Gasteiger partial charge in [-0.3, -0.25) is 0 Å². The van der Waals surface area contributed by atoms with Crippen molar-refractivity contribution in [3.63, 3.8) is 0 Å². The molecule has 0 heterocycles. The van der Waals surface area contributed by atoms with E-state index in [9.17, 15) is 15.2 Å². The molecule has 0 radical (unpaired) electrons. The maximum Gasteiger partial charge on any atom is 0.490 e. The van der Waals surface area contributed by atoms with Gasteiger partial charge in [0.05, 0.1) is 11.4 Å². The van der Waals surface area contributed by atoms with Crippen LogP contribution >= 0.6 is 0 Å². The number of nitrogens with zero attached hydrogens (tertiary/aromatic N) is 2. The van der Waals surface area contributed by atoms with Crippen molar-refractivity contribution in [1.29, 1.82) is 0 Å². The molecule has 0 aliphatic carbocycles. The van der Waals surface area contributed by atoms with E-state index in [0.717, 1.165) is 5.56 Å². The fourth-order valence-electron chi connectivity index (χ4n) is 1.56. The molecule has 0 fully saturated rings. The molecule has 0 atom stereocenters. The summed E-state index contributed by atoms with van der Waals surface area (Å²) in [7, 11) is -1.71. The first-order valence-electron chi connectivity index (χ1n) is 5.74. The average molecular weight is 256 g/mol. The van der Waals surface area contributed by atoms with Crippen LogP contribution in [0.15, 0.2) is 52.7 Å². The topological polar surface area (TPSA) is 85.4 Å². The number of hydrogen-bond donors (Lipinski definition) is 3. The van der Waals surface area contributed by atoms with Crippen molar-refractivity contribution in [2.45, 2.75) is 6.92 Å². The number of aromatic hydroxyl groups is 1. The van der Waals surface area contributed by atoms with Crippen LogP contribution in [0, 0.1) is 6.92 Å². The molecule has 0 saturated carbocycles. The van der Waals surface area contributed by atoms with E-state index in [-0.39, 0.29) is 11.2 Å². The van der Waals surface area contributed by atoms with Crippen LogP contribution in [0.3, 0.4) is 0 Å². The van der Waals surface area contributed by atoms with Crippen LogP contribution in [0.4, 0.5) is 11.4 Å².